The van der Waals surface area contributed by atoms with Crippen molar-refractivity contribution in [2.24, 2.45) is 0 Å². The highest BCUT2D eigenvalue weighted by Gasteiger charge is 2.45. The van der Waals surface area contributed by atoms with E-state index in [9.17, 15) is 5.11 Å². The van der Waals surface area contributed by atoms with Crippen LogP contribution >= 0.6 is 23.2 Å². The normalized spacial score (nSPS) is 18.7. The Morgan fingerprint density at radius 1 is 1.38 bits per heavy atom. The summed E-state index contributed by atoms with van der Waals surface area (Å²) in [6, 6.07) is 1.68. The first kappa shape index (κ1) is 9.19. The van der Waals surface area contributed by atoms with Crippen LogP contribution in [0.1, 0.15) is 18.4 Å². The van der Waals surface area contributed by atoms with E-state index in [1.165, 1.54) is 0 Å². The largest absolute Gasteiger partial charge is 0.395 e. The first-order valence-corrected chi connectivity index (χ1v) is 4.74. The lowest BCUT2D eigenvalue weighted by molar-refractivity contribution is 0.255. The summed E-state index contributed by atoms with van der Waals surface area (Å²) in [4.78, 5) is 0. The first-order valence-electron chi connectivity index (χ1n) is 3.98. The summed E-state index contributed by atoms with van der Waals surface area (Å²) in [7, 11) is 0. The molecule has 0 amide bonds. The van der Waals surface area contributed by atoms with Crippen molar-refractivity contribution in [1.82, 2.24) is 10.2 Å². The zero-order chi connectivity index (χ0) is 9.47. The maximum absolute atomic E-state index is 9.18. The molecule has 0 radical (unpaired) electrons. The molecule has 3 nitrogen and oxygen atoms in total. The Hall–Kier alpha value is -0.380. The van der Waals surface area contributed by atoms with Gasteiger partial charge in [-0.15, -0.1) is 10.2 Å². The molecule has 70 valence electrons. The van der Waals surface area contributed by atoms with E-state index in [-0.39, 0.29) is 12.0 Å². The molecular weight excluding hydrogens is 211 g/mol. The molecular formula is C8H8Cl2N2O. The zero-order valence-electron chi connectivity index (χ0n) is 6.80. The Morgan fingerprint density at radius 3 is 2.62 bits per heavy atom. The fraction of sp³-hybridized carbons (Fsp3) is 0.500. The van der Waals surface area contributed by atoms with Gasteiger partial charge in [-0.2, -0.15) is 0 Å². The summed E-state index contributed by atoms with van der Waals surface area (Å²) >= 11 is 11.5. The minimum Gasteiger partial charge on any atom is -0.395 e. The van der Waals surface area contributed by atoms with Crippen LogP contribution < -0.4 is 0 Å². The maximum atomic E-state index is 9.18. The van der Waals surface area contributed by atoms with E-state index in [2.05, 4.69) is 10.2 Å². The van der Waals surface area contributed by atoms with Gasteiger partial charge in [-0.3, -0.25) is 0 Å². The van der Waals surface area contributed by atoms with Crippen LogP contribution in [-0.2, 0) is 5.41 Å². The van der Waals surface area contributed by atoms with Crippen LogP contribution in [0.3, 0.4) is 0 Å². The minimum atomic E-state index is -0.198. The third kappa shape index (κ3) is 1.52. The zero-order valence-corrected chi connectivity index (χ0v) is 8.31. The summed E-state index contributed by atoms with van der Waals surface area (Å²) in [5.41, 5.74) is 0.619. The highest BCUT2D eigenvalue weighted by molar-refractivity contribution is 6.31. The molecule has 0 aromatic carbocycles. The second-order valence-corrected chi connectivity index (χ2v) is 4.06. The van der Waals surface area contributed by atoms with Crippen LogP contribution in [0.5, 0.6) is 0 Å². The SMILES string of the molecule is OCC1(c2cc(Cl)nnc2Cl)CC1. The van der Waals surface area contributed by atoms with Crippen LogP contribution in [-0.4, -0.2) is 21.9 Å². The van der Waals surface area contributed by atoms with Gasteiger partial charge in [-0.1, -0.05) is 23.2 Å². The lowest BCUT2D eigenvalue weighted by Crippen LogP contribution is -2.13. The molecule has 1 fully saturated rings. The Labute approximate surface area is 85.7 Å². The smallest absolute Gasteiger partial charge is 0.155 e. The molecule has 13 heavy (non-hydrogen) atoms. The van der Waals surface area contributed by atoms with Crippen molar-refractivity contribution in [3.05, 3.63) is 21.9 Å². The van der Waals surface area contributed by atoms with E-state index in [1.807, 2.05) is 0 Å². The molecule has 1 heterocycles. The van der Waals surface area contributed by atoms with Crippen LogP contribution in [0, 0.1) is 0 Å². The third-order valence-electron chi connectivity index (χ3n) is 2.45. The summed E-state index contributed by atoms with van der Waals surface area (Å²) in [6.07, 6.45) is 1.87. The average molecular weight is 219 g/mol. The third-order valence-corrected chi connectivity index (χ3v) is 2.91. The second-order valence-electron chi connectivity index (χ2n) is 3.31. The van der Waals surface area contributed by atoms with Crippen LogP contribution in [0.25, 0.3) is 0 Å². The molecule has 0 bridgehead atoms. The lowest BCUT2D eigenvalue weighted by atomic mass is 10.00. The molecule has 1 aromatic heterocycles. The number of aliphatic hydroxyl groups is 1. The number of rotatable bonds is 2. The number of hydrogen-bond acceptors (Lipinski definition) is 3. The summed E-state index contributed by atoms with van der Waals surface area (Å²) in [6.45, 7) is 0.0920. The fourth-order valence-corrected chi connectivity index (χ4v) is 1.83. The van der Waals surface area contributed by atoms with Crippen molar-refractivity contribution in [3.63, 3.8) is 0 Å². The van der Waals surface area contributed by atoms with Crippen molar-refractivity contribution < 1.29 is 5.11 Å². The van der Waals surface area contributed by atoms with Gasteiger partial charge in [0.2, 0.25) is 0 Å². The van der Waals surface area contributed by atoms with E-state index in [1.54, 1.807) is 6.07 Å². The second kappa shape index (κ2) is 3.08. The predicted octanol–water partition coefficient (Wildman–Crippen LogP) is 1.81. The van der Waals surface area contributed by atoms with Gasteiger partial charge < -0.3 is 5.11 Å². The van der Waals surface area contributed by atoms with Gasteiger partial charge in [-0.05, 0) is 18.9 Å². The molecule has 2 rings (SSSR count). The van der Waals surface area contributed by atoms with Gasteiger partial charge >= 0.3 is 0 Å². The van der Waals surface area contributed by atoms with E-state index in [0.29, 0.717) is 10.3 Å². The van der Waals surface area contributed by atoms with Crippen LogP contribution in [0.4, 0.5) is 0 Å². The Kier molecular flexibility index (Phi) is 2.18. The molecule has 1 aliphatic carbocycles. The molecule has 5 heteroatoms. The van der Waals surface area contributed by atoms with E-state index >= 15 is 0 Å². The molecule has 1 aromatic rings. The van der Waals surface area contributed by atoms with Gasteiger partial charge in [-0.25, -0.2) is 0 Å². The van der Waals surface area contributed by atoms with Crippen LogP contribution in [0.2, 0.25) is 10.3 Å². The number of hydrogen-bond donors (Lipinski definition) is 1. The van der Waals surface area contributed by atoms with E-state index in [0.717, 1.165) is 18.4 Å². The van der Waals surface area contributed by atoms with Gasteiger partial charge in [0.25, 0.3) is 0 Å². The Balaban J connectivity index is 2.44. The average Bonchev–Trinajstić information content (AvgIpc) is 2.90. The summed E-state index contributed by atoms with van der Waals surface area (Å²) in [5, 5.41) is 17.2. The highest BCUT2D eigenvalue weighted by atomic mass is 35.5. The number of nitrogens with zero attached hydrogens (tertiary/aromatic N) is 2. The van der Waals surface area contributed by atoms with E-state index in [4.69, 9.17) is 23.2 Å². The molecule has 0 unspecified atom stereocenters. The minimum absolute atomic E-state index is 0.0920. The fourth-order valence-electron chi connectivity index (χ4n) is 1.39. The van der Waals surface area contributed by atoms with Gasteiger partial charge in [0.15, 0.2) is 10.3 Å². The number of aromatic nitrogens is 2. The predicted molar refractivity (Wildman–Crippen MR) is 50.0 cm³/mol. The van der Waals surface area contributed by atoms with Crippen molar-refractivity contribution in [2.75, 3.05) is 6.61 Å². The van der Waals surface area contributed by atoms with Gasteiger partial charge in [0.1, 0.15) is 0 Å². The van der Waals surface area contributed by atoms with Crippen molar-refractivity contribution in [1.29, 1.82) is 0 Å². The summed E-state index contributed by atoms with van der Waals surface area (Å²) in [5.74, 6) is 0. The monoisotopic (exact) mass is 218 g/mol. The molecule has 0 atom stereocenters. The Morgan fingerprint density at radius 2 is 2.08 bits per heavy atom. The number of aliphatic hydroxyl groups excluding tert-OH is 1. The van der Waals surface area contributed by atoms with Crippen molar-refractivity contribution in [2.45, 2.75) is 18.3 Å². The molecule has 1 aliphatic rings. The molecule has 0 saturated heterocycles. The quantitative estimate of drug-likeness (QED) is 0.824. The van der Waals surface area contributed by atoms with Crippen molar-refractivity contribution >= 4 is 23.2 Å². The topological polar surface area (TPSA) is 46.0 Å². The molecule has 0 aliphatic heterocycles. The molecule has 1 N–H and O–H groups in total. The van der Waals surface area contributed by atoms with Gasteiger partial charge in [0, 0.05) is 11.0 Å². The standard InChI is InChI=1S/C8H8Cl2N2O/c9-6-3-5(7(10)12-11-6)8(4-13)1-2-8/h3,13H,1-2,4H2. The highest BCUT2D eigenvalue weighted by Crippen LogP contribution is 2.49. The lowest BCUT2D eigenvalue weighted by Gasteiger charge is -2.12. The molecule has 1 saturated carbocycles. The van der Waals surface area contributed by atoms with Crippen molar-refractivity contribution in [3.8, 4) is 0 Å². The van der Waals surface area contributed by atoms with Gasteiger partial charge in [0.05, 0.1) is 6.61 Å². The first-order chi connectivity index (χ1) is 6.18. The number of halogens is 2. The summed E-state index contributed by atoms with van der Waals surface area (Å²) < 4.78 is 0. The maximum Gasteiger partial charge on any atom is 0.155 e. The Bertz CT molecular complexity index is 339. The van der Waals surface area contributed by atoms with E-state index < -0.39 is 0 Å². The molecule has 0 spiro atoms. The van der Waals surface area contributed by atoms with Crippen LogP contribution in [0.15, 0.2) is 6.07 Å².